The number of aromatic nitrogens is 1. The Hall–Kier alpha value is -0.410. The Morgan fingerprint density at radius 2 is 2.40 bits per heavy atom. The fourth-order valence-electron chi connectivity index (χ4n) is 1.76. The minimum atomic E-state index is 0.566. The number of anilines is 1. The van der Waals surface area contributed by atoms with Crippen molar-refractivity contribution in [2.75, 3.05) is 16.8 Å². The first-order valence-electron chi connectivity index (χ1n) is 5.23. The minimum absolute atomic E-state index is 0.566. The number of thioether (sulfide) groups is 1. The van der Waals surface area contributed by atoms with E-state index in [2.05, 4.69) is 10.3 Å². The lowest BCUT2D eigenvalue weighted by Gasteiger charge is -2.24. The first kappa shape index (κ1) is 11.1. The third-order valence-electron chi connectivity index (χ3n) is 2.57. The number of halogens is 1. The van der Waals surface area contributed by atoms with Crippen LogP contribution in [-0.4, -0.2) is 22.5 Å². The molecule has 0 spiro atoms. The molecular weight excluding hydrogens is 228 g/mol. The van der Waals surface area contributed by atoms with Crippen molar-refractivity contribution in [3.63, 3.8) is 0 Å². The lowest BCUT2D eigenvalue weighted by molar-refractivity contribution is 0.684. The number of nitrogens with zero attached hydrogens (tertiary/aromatic N) is 1. The van der Waals surface area contributed by atoms with Gasteiger partial charge in [-0.3, -0.25) is 0 Å². The van der Waals surface area contributed by atoms with E-state index in [4.69, 9.17) is 11.6 Å². The molecule has 1 aliphatic rings. The molecule has 0 saturated carbocycles. The summed E-state index contributed by atoms with van der Waals surface area (Å²) < 4.78 is 0. The van der Waals surface area contributed by atoms with Crippen LogP contribution in [0.1, 0.15) is 18.5 Å². The maximum absolute atomic E-state index is 5.82. The normalized spacial score (nSPS) is 21.3. The molecule has 1 fully saturated rings. The van der Waals surface area contributed by atoms with Crippen molar-refractivity contribution in [3.8, 4) is 0 Å². The zero-order valence-corrected chi connectivity index (χ0v) is 10.4. The molecule has 2 heterocycles. The van der Waals surface area contributed by atoms with Crippen LogP contribution in [0, 0.1) is 6.92 Å². The Morgan fingerprint density at radius 1 is 1.53 bits per heavy atom. The van der Waals surface area contributed by atoms with Gasteiger partial charge in [0.1, 0.15) is 5.15 Å². The van der Waals surface area contributed by atoms with Crippen LogP contribution in [0.5, 0.6) is 0 Å². The third kappa shape index (κ3) is 3.02. The predicted octanol–water partition coefficient (Wildman–Crippen LogP) is 3.35. The van der Waals surface area contributed by atoms with Crippen molar-refractivity contribution in [2.24, 2.45) is 0 Å². The maximum atomic E-state index is 5.82. The molecule has 1 saturated heterocycles. The Bertz CT molecular complexity index is 337. The molecule has 1 aromatic rings. The van der Waals surface area contributed by atoms with Crippen LogP contribution in [0.3, 0.4) is 0 Å². The van der Waals surface area contributed by atoms with Crippen LogP contribution in [0.25, 0.3) is 0 Å². The molecule has 2 rings (SSSR count). The van der Waals surface area contributed by atoms with Crippen molar-refractivity contribution in [3.05, 3.63) is 23.0 Å². The predicted molar refractivity (Wildman–Crippen MR) is 68.0 cm³/mol. The quantitative estimate of drug-likeness (QED) is 0.806. The van der Waals surface area contributed by atoms with Gasteiger partial charge in [0.15, 0.2) is 0 Å². The number of aryl methyl sites for hydroxylation is 1. The molecule has 0 bridgehead atoms. The minimum Gasteiger partial charge on any atom is -0.380 e. The summed E-state index contributed by atoms with van der Waals surface area (Å²) in [5.74, 6) is 2.50. The molecule has 0 aromatic carbocycles. The maximum Gasteiger partial charge on any atom is 0.129 e. The summed E-state index contributed by atoms with van der Waals surface area (Å²) in [7, 11) is 0. The molecule has 0 radical (unpaired) electrons. The van der Waals surface area contributed by atoms with Gasteiger partial charge < -0.3 is 5.32 Å². The van der Waals surface area contributed by atoms with E-state index < -0.39 is 0 Å². The number of pyridine rings is 1. The van der Waals surface area contributed by atoms with E-state index in [0.29, 0.717) is 11.2 Å². The molecule has 82 valence electrons. The Labute approximate surface area is 99.8 Å². The average molecular weight is 243 g/mol. The van der Waals surface area contributed by atoms with Gasteiger partial charge in [-0.1, -0.05) is 11.6 Å². The summed E-state index contributed by atoms with van der Waals surface area (Å²) in [5, 5.41) is 4.10. The lowest BCUT2D eigenvalue weighted by Crippen LogP contribution is -2.26. The largest absolute Gasteiger partial charge is 0.380 e. The molecule has 0 amide bonds. The summed E-state index contributed by atoms with van der Waals surface area (Å²) in [6.45, 7) is 1.99. The summed E-state index contributed by atoms with van der Waals surface area (Å²) in [5.41, 5.74) is 2.10. The van der Waals surface area contributed by atoms with Crippen molar-refractivity contribution < 1.29 is 0 Å². The van der Waals surface area contributed by atoms with Gasteiger partial charge in [-0.15, -0.1) is 0 Å². The van der Waals surface area contributed by atoms with E-state index in [-0.39, 0.29) is 0 Å². The van der Waals surface area contributed by atoms with E-state index in [1.54, 1.807) is 0 Å². The monoisotopic (exact) mass is 242 g/mol. The Balaban J connectivity index is 2.03. The number of nitrogens with one attached hydrogen (secondary N) is 1. The molecule has 2 nitrogen and oxygen atoms in total. The number of hydrogen-bond acceptors (Lipinski definition) is 3. The van der Waals surface area contributed by atoms with Crippen LogP contribution >= 0.6 is 23.4 Å². The average Bonchev–Trinajstić information content (AvgIpc) is 2.24. The number of hydrogen-bond donors (Lipinski definition) is 1. The van der Waals surface area contributed by atoms with Crippen LogP contribution in [0.2, 0.25) is 5.15 Å². The van der Waals surface area contributed by atoms with Crippen LogP contribution < -0.4 is 5.32 Å². The van der Waals surface area contributed by atoms with E-state index in [1.165, 1.54) is 24.3 Å². The first-order chi connectivity index (χ1) is 7.25. The van der Waals surface area contributed by atoms with E-state index in [9.17, 15) is 0 Å². The smallest absolute Gasteiger partial charge is 0.129 e. The topological polar surface area (TPSA) is 24.9 Å². The summed E-state index contributed by atoms with van der Waals surface area (Å²) in [6.07, 6.45) is 2.57. The van der Waals surface area contributed by atoms with Crippen LogP contribution in [0.4, 0.5) is 5.69 Å². The highest BCUT2D eigenvalue weighted by Gasteiger charge is 2.14. The van der Waals surface area contributed by atoms with Gasteiger partial charge in [0, 0.05) is 11.8 Å². The Kier molecular flexibility index (Phi) is 3.76. The zero-order valence-electron chi connectivity index (χ0n) is 8.79. The van der Waals surface area contributed by atoms with Crippen LogP contribution in [-0.2, 0) is 0 Å². The van der Waals surface area contributed by atoms with E-state index >= 15 is 0 Å². The molecule has 1 aliphatic heterocycles. The fourth-order valence-corrected chi connectivity index (χ4v) is 3.02. The first-order valence-corrected chi connectivity index (χ1v) is 6.76. The highest BCUT2D eigenvalue weighted by atomic mass is 35.5. The second-order valence-corrected chi connectivity index (χ2v) is 5.36. The second kappa shape index (κ2) is 5.08. The second-order valence-electron chi connectivity index (χ2n) is 3.83. The summed E-state index contributed by atoms with van der Waals surface area (Å²) >= 11 is 7.84. The van der Waals surface area contributed by atoms with Crippen LogP contribution in [0.15, 0.2) is 12.1 Å². The van der Waals surface area contributed by atoms with Gasteiger partial charge in [0.05, 0.1) is 11.4 Å². The van der Waals surface area contributed by atoms with E-state index in [1.807, 2.05) is 30.8 Å². The van der Waals surface area contributed by atoms with Crippen molar-refractivity contribution in [1.82, 2.24) is 4.98 Å². The standard InChI is InChI=1S/C11H15ClN2S/c1-8-10(4-5-11(12)13-8)14-9-3-2-6-15-7-9/h4-5,9,14H,2-3,6-7H2,1H3. The van der Waals surface area contributed by atoms with Gasteiger partial charge in [-0.05, 0) is 37.7 Å². The van der Waals surface area contributed by atoms with Gasteiger partial charge >= 0.3 is 0 Å². The van der Waals surface area contributed by atoms with Gasteiger partial charge in [0.25, 0.3) is 0 Å². The zero-order chi connectivity index (χ0) is 10.7. The van der Waals surface area contributed by atoms with E-state index in [0.717, 1.165) is 11.4 Å². The molecular formula is C11H15ClN2S. The molecule has 1 aromatic heterocycles. The van der Waals surface area contributed by atoms with Gasteiger partial charge in [0.2, 0.25) is 0 Å². The van der Waals surface area contributed by atoms with Crippen molar-refractivity contribution in [2.45, 2.75) is 25.8 Å². The fraction of sp³-hybridized carbons (Fsp3) is 0.545. The molecule has 4 heteroatoms. The SMILES string of the molecule is Cc1nc(Cl)ccc1NC1CCCSC1. The molecule has 15 heavy (non-hydrogen) atoms. The van der Waals surface area contributed by atoms with Crippen molar-refractivity contribution in [1.29, 1.82) is 0 Å². The van der Waals surface area contributed by atoms with Gasteiger partial charge in [-0.2, -0.15) is 11.8 Å². The summed E-state index contributed by atoms with van der Waals surface area (Å²) in [4.78, 5) is 4.24. The molecule has 1 N–H and O–H groups in total. The highest BCUT2D eigenvalue weighted by molar-refractivity contribution is 7.99. The molecule has 1 unspecified atom stereocenters. The van der Waals surface area contributed by atoms with Crippen molar-refractivity contribution >= 4 is 29.1 Å². The summed E-state index contributed by atoms with van der Waals surface area (Å²) in [6, 6.07) is 4.45. The Morgan fingerprint density at radius 3 is 3.07 bits per heavy atom. The molecule has 1 atom stereocenters. The highest BCUT2D eigenvalue weighted by Crippen LogP contribution is 2.22. The lowest BCUT2D eigenvalue weighted by atomic mass is 10.1. The molecule has 0 aliphatic carbocycles. The number of rotatable bonds is 2. The van der Waals surface area contributed by atoms with Gasteiger partial charge in [-0.25, -0.2) is 4.98 Å². The third-order valence-corrected chi connectivity index (χ3v) is 4.00.